The van der Waals surface area contributed by atoms with Crippen LogP contribution in [0.1, 0.15) is 34.6 Å². The molecule has 0 spiro atoms. The Kier molecular flexibility index (Phi) is 5.58. The molecule has 0 aliphatic heterocycles. The van der Waals surface area contributed by atoms with E-state index in [2.05, 4.69) is 11.9 Å². The minimum absolute atomic E-state index is 0.0133. The van der Waals surface area contributed by atoms with Gasteiger partial charge < -0.3 is 4.74 Å². The van der Waals surface area contributed by atoms with Crippen molar-refractivity contribution in [3.63, 3.8) is 0 Å². The molecular weight excluding hydrogens is 190 g/mol. The van der Waals surface area contributed by atoms with Crippen LogP contribution >= 0.6 is 0 Å². The van der Waals surface area contributed by atoms with Crippen molar-refractivity contribution in [1.82, 2.24) is 5.32 Å². The fourth-order valence-corrected chi connectivity index (χ4v) is 0.943. The van der Waals surface area contributed by atoms with Crippen molar-refractivity contribution in [3.8, 4) is 0 Å². The second-order valence-electron chi connectivity index (χ2n) is 5.08. The minimum Gasteiger partial charge on any atom is -0.464 e. The average molecular weight is 213 g/mol. The first-order chi connectivity index (χ1) is 6.76. The van der Waals surface area contributed by atoms with Gasteiger partial charge in [-0.3, -0.25) is 10.1 Å². The molecule has 0 fully saturated rings. The second kappa shape index (κ2) is 5.91. The summed E-state index contributed by atoms with van der Waals surface area (Å²) in [7, 11) is 0. The van der Waals surface area contributed by atoms with E-state index < -0.39 is 0 Å². The highest BCUT2D eigenvalue weighted by Crippen LogP contribution is 2.13. The molecule has 0 heterocycles. The number of carbonyl (C=O) groups is 1. The molecule has 3 nitrogen and oxygen atoms in total. The highest BCUT2D eigenvalue weighted by molar-refractivity contribution is 5.75. The molecule has 0 aliphatic carbocycles. The largest absolute Gasteiger partial charge is 0.464 e. The maximum absolute atomic E-state index is 11.5. The molecule has 0 rings (SSSR count). The van der Waals surface area contributed by atoms with Gasteiger partial charge in [-0.15, -0.1) is 6.58 Å². The summed E-state index contributed by atoms with van der Waals surface area (Å²) in [6.07, 6.45) is 1.76. The average Bonchev–Trinajstić information content (AvgIpc) is 2.12. The van der Waals surface area contributed by atoms with Crippen molar-refractivity contribution in [3.05, 3.63) is 12.7 Å². The molecule has 0 aromatic rings. The molecule has 0 amide bonds. The Labute approximate surface area is 92.9 Å². The summed E-state index contributed by atoms with van der Waals surface area (Å²) >= 11 is 0. The predicted octanol–water partition coefficient (Wildman–Crippen LogP) is 2.13. The van der Waals surface area contributed by atoms with Crippen molar-refractivity contribution < 1.29 is 9.53 Å². The van der Waals surface area contributed by atoms with Gasteiger partial charge in [-0.05, 0) is 19.3 Å². The lowest BCUT2D eigenvalue weighted by molar-refractivity contribution is -0.148. The fraction of sp³-hybridized carbons (Fsp3) is 0.750. The van der Waals surface area contributed by atoms with Crippen molar-refractivity contribution in [2.45, 2.75) is 46.7 Å². The van der Waals surface area contributed by atoms with E-state index in [4.69, 9.17) is 4.74 Å². The molecule has 0 saturated heterocycles. The molecule has 15 heavy (non-hydrogen) atoms. The quantitative estimate of drug-likeness (QED) is 0.561. The molecule has 2 atom stereocenters. The normalized spacial score (nSPS) is 15.5. The van der Waals surface area contributed by atoms with Crippen LogP contribution in [0.15, 0.2) is 12.7 Å². The molecule has 2 unspecified atom stereocenters. The Morgan fingerprint density at radius 1 is 1.47 bits per heavy atom. The molecule has 0 aromatic heterocycles. The Bertz CT molecular complexity index is 218. The van der Waals surface area contributed by atoms with E-state index in [1.54, 1.807) is 13.0 Å². The topological polar surface area (TPSA) is 38.3 Å². The van der Waals surface area contributed by atoms with Gasteiger partial charge in [-0.25, -0.2) is 0 Å². The van der Waals surface area contributed by atoms with Crippen molar-refractivity contribution in [1.29, 1.82) is 0 Å². The van der Waals surface area contributed by atoms with Crippen LogP contribution in [0.2, 0.25) is 0 Å². The third-order valence-corrected chi connectivity index (χ3v) is 1.87. The third-order valence-electron chi connectivity index (χ3n) is 1.87. The summed E-state index contributed by atoms with van der Waals surface area (Å²) in [5.74, 6) is -0.210. The fourth-order valence-electron chi connectivity index (χ4n) is 0.943. The number of nitrogens with one attached hydrogen (secondary N) is 1. The molecule has 3 heteroatoms. The van der Waals surface area contributed by atoms with Crippen LogP contribution in [0.25, 0.3) is 0 Å². The molecular formula is C12H23NO2. The van der Waals surface area contributed by atoms with E-state index in [1.165, 1.54) is 0 Å². The summed E-state index contributed by atoms with van der Waals surface area (Å²) in [6.45, 7) is 13.9. The van der Waals surface area contributed by atoms with E-state index in [9.17, 15) is 4.79 Å². The Morgan fingerprint density at radius 3 is 2.40 bits per heavy atom. The molecule has 0 saturated carbocycles. The maximum atomic E-state index is 11.5. The van der Waals surface area contributed by atoms with Gasteiger partial charge in [0.25, 0.3) is 0 Å². The highest BCUT2D eigenvalue weighted by atomic mass is 16.5. The molecule has 0 bridgehead atoms. The number of hydrogen-bond acceptors (Lipinski definition) is 3. The van der Waals surface area contributed by atoms with Gasteiger partial charge >= 0.3 is 5.97 Å². The highest BCUT2D eigenvalue weighted by Gasteiger charge is 2.18. The van der Waals surface area contributed by atoms with Gasteiger partial charge in [0.2, 0.25) is 0 Å². The van der Waals surface area contributed by atoms with Crippen molar-refractivity contribution in [2.24, 2.45) is 5.41 Å². The molecule has 0 aliphatic rings. The van der Waals surface area contributed by atoms with Gasteiger partial charge in [0.1, 0.15) is 6.04 Å². The number of esters is 1. The lowest BCUT2D eigenvalue weighted by atomic mass is 9.99. The third kappa shape index (κ3) is 7.14. The van der Waals surface area contributed by atoms with Crippen LogP contribution in [0.5, 0.6) is 0 Å². The van der Waals surface area contributed by atoms with Gasteiger partial charge in [-0.1, -0.05) is 26.8 Å². The number of ether oxygens (including phenoxy) is 1. The predicted molar refractivity (Wildman–Crippen MR) is 62.7 cm³/mol. The summed E-state index contributed by atoms with van der Waals surface area (Å²) in [4.78, 5) is 11.5. The second-order valence-corrected chi connectivity index (χ2v) is 5.08. The maximum Gasteiger partial charge on any atom is 0.322 e. The van der Waals surface area contributed by atoms with Crippen LogP contribution in [-0.2, 0) is 9.53 Å². The first-order valence-corrected chi connectivity index (χ1v) is 5.31. The zero-order valence-corrected chi connectivity index (χ0v) is 10.5. The molecule has 88 valence electrons. The molecule has 0 radical (unpaired) electrons. The van der Waals surface area contributed by atoms with E-state index in [0.717, 1.165) is 0 Å². The van der Waals surface area contributed by atoms with Crippen LogP contribution in [0.3, 0.4) is 0 Å². The zero-order valence-electron chi connectivity index (χ0n) is 10.5. The van der Waals surface area contributed by atoms with Gasteiger partial charge in [-0.2, -0.15) is 0 Å². The van der Waals surface area contributed by atoms with Crippen LogP contribution in [0, 0.1) is 5.41 Å². The minimum atomic E-state index is -0.291. The summed E-state index contributed by atoms with van der Waals surface area (Å²) in [5, 5.41) is 3.07. The monoisotopic (exact) mass is 213 g/mol. The van der Waals surface area contributed by atoms with E-state index >= 15 is 0 Å². The summed E-state index contributed by atoms with van der Waals surface area (Å²) in [6, 6.07) is -0.178. The number of carbonyl (C=O) groups excluding carboxylic acids is 1. The Balaban J connectivity index is 3.94. The zero-order chi connectivity index (χ0) is 12.1. The van der Waals surface area contributed by atoms with Crippen molar-refractivity contribution in [2.75, 3.05) is 6.61 Å². The smallest absolute Gasteiger partial charge is 0.322 e. The van der Waals surface area contributed by atoms with Crippen molar-refractivity contribution >= 4 is 5.97 Å². The first kappa shape index (κ1) is 14.2. The lowest BCUT2D eigenvalue weighted by Gasteiger charge is -2.21. The van der Waals surface area contributed by atoms with Gasteiger partial charge in [0.15, 0.2) is 0 Å². The van der Waals surface area contributed by atoms with Gasteiger partial charge in [0, 0.05) is 6.04 Å². The van der Waals surface area contributed by atoms with Gasteiger partial charge in [0.05, 0.1) is 6.61 Å². The van der Waals surface area contributed by atoms with E-state index in [0.29, 0.717) is 6.61 Å². The first-order valence-electron chi connectivity index (χ1n) is 5.31. The number of hydrogen-bond donors (Lipinski definition) is 1. The van der Waals surface area contributed by atoms with E-state index in [-0.39, 0.29) is 23.5 Å². The Morgan fingerprint density at radius 2 is 2.00 bits per heavy atom. The van der Waals surface area contributed by atoms with Crippen LogP contribution in [-0.4, -0.2) is 24.7 Å². The standard InChI is InChI=1S/C12H23NO2/c1-7-9(2)13-10(3)11(14)15-8-12(4,5)6/h7,9-10,13H,1,8H2,2-6H3. The SMILES string of the molecule is C=CC(C)NC(C)C(=O)OCC(C)(C)C. The lowest BCUT2D eigenvalue weighted by Crippen LogP contribution is -2.40. The van der Waals surface area contributed by atoms with Crippen LogP contribution < -0.4 is 5.32 Å². The Hall–Kier alpha value is -0.830. The summed E-state index contributed by atoms with van der Waals surface area (Å²) in [5.41, 5.74) is 0.0133. The molecule has 0 aromatic carbocycles. The van der Waals surface area contributed by atoms with E-state index in [1.807, 2.05) is 27.7 Å². The number of rotatable bonds is 5. The van der Waals surface area contributed by atoms with Crippen LogP contribution in [0.4, 0.5) is 0 Å². The summed E-state index contributed by atoms with van der Waals surface area (Å²) < 4.78 is 5.18. The molecule has 1 N–H and O–H groups in total.